The van der Waals surface area contributed by atoms with E-state index in [1.165, 1.54) is 40.7 Å². The first-order valence-electron chi connectivity index (χ1n) is 9.96. The van der Waals surface area contributed by atoms with E-state index < -0.39 is 0 Å². The van der Waals surface area contributed by atoms with Gasteiger partial charge in [0, 0.05) is 37.6 Å². The monoisotopic (exact) mass is 394 g/mol. The number of hydrogen-bond acceptors (Lipinski definition) is 7. The second-order valence-electron chi connectivity index (χ2n) is 7.69. The normalized spacial score (nSPS) is 18.8. The van der Waals surface area contributed by atoms with Gasteiger partial charge in [-0.25, -0.2) is 9.97 Å². The molecule has 1 saturated heterocycles. The van der Waals surface area contributed by atoms with Crippen LogP contribution >= 0.6 is 11.3 Å². The van der Waals surface area contributed by atoms with Gasteiger partial charge in [0.15, 0.2) is 11.5 Å². The SMILES string of the molecule is c1nc(N2CCN(Cc3ccc4c(c3)OCO4)CC2)c2c3c(sc2n1)CCC3. The Morgan fingerprint density at radius 2 is 1.89 bits per heavy atom. The lowest BCUT2D eigenvalue weighted by molar-refractivity contribution is 0.174. The Morgan fingerprint density at radius 1 is 1.00 bits per heavy atom. The quantitative estimate of drug-likeness (QED) is 0.680. The van der Waals surface area contributed by atoms with Crippen molar-refractivity contribution in [2.75, 3.05) is 37.9 Å². The average Bonchev–Trinajstić information content (AvgIpc) is 3.43. The summed E-state index contributed by atoms with van der Waals surface area (Å²) in [6.45, 7) is 5.34. The molecule has 7 heteroatoms. The van der Waals surface area contributed by atoms with Gasteiger partial charge in [-0.2, -0.15) is 0 Å². The van der Waals surface area contributed by atoms with Gasteiger partial charge in [-0.3, -0.25) is 4.90 Å². The summed E-state index contributed by atoms with van der Waals surface area (Å²) in [5, 5.41) is 1.32. The van der Waals surface area contributed by atoms with Crippen LogP contribution in [0.1, 0.15) is 22.4 Å². The fourth-order valence-corrected chi connectivity index (χ4v) is 5.79. The molecule has 1 aliphatic carbocycles. The van der Waals surface area contributed by atoms with Crippen molar-refractivity contribution in [3.05, 3.63) is 40.5 Å². The van der Waals surface area contributed by atoms with Crippen LogP contribution in [0.4, 0.5) is 5.82 Å². The number of thiophene rings is 1. The summed E-state index contributed by atoms with van der Waals surface area (Å²) in [4.78, 5) is 16.9. The Morgan fingerprint density at radius 3 is 2.82 bits per heavy atom. The van der Waals surface area contributed by atoms with Crippen molar-refractivity contribution in [2.45, 2.75) is 25.8 Å². The zero-order chi connectivity index (χ0) is 18.5. The van der Waals surface area contributed by atoms with E-state index in [0.717, 1.165) is 54.9 Å². The van der Waals surface area contributed by atoms with Gasteiger partial charge in [-0.1, -0.05) is 6.07 Å². The van der Waals surface area contributed by atoms with Crippen molar-refractivity contribution in [1.82, 2.24) is 14.9 Å². The van der Waals surface area contributed by atoms with Crippen molar-refractivity contribution in [3.63, 3.8) is 0 Å². The summed E-state index contributed by atoms with van der Waals surface area (Å²) < 4.78 is 10.9. The first kappa shape index (κ1) is 16.6. The maximum atomic E-state index is 5.51. The highest BCUT2D eigenvalue weighted by molar-refractivity contribution is 7.19. The molecule has 0 bridgehead atoms. The van der Waals surface area contributed by atoms with Gasteiger partial charge >= 0.3 is 0 Å². The van der Waals surface area contributed by atoms with Crippen LogP contribution in [-0.2, 0) is 19.4 Å². The van der Waals surface area contributed by atoms with E-state index in [1.807, 2.05) is 17.4 Å². The van der Waals surface area contributed by atoms with Gasteiger partial charge in [0.25, 0.3) is 0 Å². The number of rotatable bonds is 3. The van der Waals surface area contributed by atoms with Crippen LogP contribution in [0.2, 0.25) is 0 Å². The Kier molecular flexibility index (Phi) is 3.90. The predicted octanol–water partition coefficient (Wildman–Crippen LogP) is 3.23. The summed E-state index contributed by atoms with van der Waals surface area (Å²) in [5.41, 5.74) is 2.79. The summed E-state index contributed by atoms with van der Waals surface area (Å²) in [6, 6.07) is 6.27. The van der Waals surface area contributed by atoms with Crippen LogP contribution in [-0.4, -0.2) is 47.8 Å². The molecule has 1 aromatic carbocycles. The number of benzene rings is 1. The fraction of sp³-hybridized carbons (Fsp3) is 0.429. The lowest BCUT2D eigenvalue weighted by atomic mass is 10.1. The third kappa shape index (κ3) is 2.72. The molecule has 0 amide bonds. The summed E-state index contributed by atoms with van der Waals surface area (Å²) in [6.07, 6.45) is 5.40. The Balaban J connectivity index is 1.18. The highest BCUT2D eigenvalue weighted by atomic mass is 32.1. The lowest BCUT2D eigenvalue weighted by Crippen LogP contribution is -2.46. The molecule has 144 valence electrons. The Bertz CT molecular complexity index is 1040. The van der Waals surface area contributed by atoms with E-state index in [4.69, 9.17) is 14.5 Å². The molecule has 6 nitrogen and oxygen atoms in total. The smallest absolute Gasteiger partial charge is 0.231 e. The van der Waals surface area contributed by atoms with E-state index in [2.05, 4.69) is 26.9 Å². The van der Waals surface area contributed by atoms with Crippen molar-refractivity contribution >= 4 is 27.4 Å². The second kappa shape index (κ2) is 6.60. The average molecular weight is 395 g/mol. The molecule has 0 saturated carbocycles. The molecular weight excluding hydrogens is 372 g/mol. The molecule has 0 N–H and O–H groups in total. The Hall–Kier alpha value is -2.38. The van der Waals surface area contributed by atoms with Gasteiger partial charge < -0.3 is 14.4 Å². The number of hydrogen-bond donors (Lipinski definition) is 0. The summed E-state index contributed by atoms with van der Waals surface area (Å²) in [5.74, 6) is 2.86. The van der Waals surface area contributed by atoms with Crippen molar-refractivity contribution < 1.29 is 9.47 Å². The molecule has 3 aromatic rings. The molecule has 2 aliphatic heterocycles. The topological polar surface area (TPSA) is 50.7 Å². The van der Waals surface area contributed by atoms with Crippen LogP contribution in [0.3, 0.4) is 0 Å². The first-order chi connectivity index (χ1) is 13.8. The summed E-state index contributed by atoms with van der Waals surface area (Å²) >= 11 is 1.87. The van der Waals surface area contributed by atoms with Gasteiger partial charge in [0.1, 0.15) is 17.0 Å². The molecule has 6 rings (SSSR count). The van der Waals surface area contributed by atoms with E-state index >= 15 is 0 Å². The van der Waals surface area contributed by atoms with Crippen LogP contribution in [0, 0.1) is 0 Å². The maximum Gasteiger partial charge on any atom is 0.231 e. The minimum Gasteiger partial charge on any atom is -0.454 e. The predicted molar refractivity (Wildman–Crippen MR) is 109 cm³/mol. The number of ether oxygens (including phenoxy) is 2. The number of nitrogens with zero attached hydrogens (tertiary/aromatic N) is 4. The number of anilines is 1. The van der Waals surface area contributed by atoms with E-state index in [-0.39, 0.29) is 0 Å². The third-order valence-electron chi connectivity index (χ3n) is 6.00. The van der Waals surface area contributed by atoms with Crippen LogP contribution in [0.5, 0.6) is 11.5 Å². The fourth-order valence-electron chi connectivity index (χ4n) is 4.57. The number of piperazine rings is 1. The zero-order valence-corrected chi connectivity index (χ0v) is 16.5. The molecule has 3 aliphatic rings. The molecule has 4 heterocycles. The van der Waals surface area contributed by atoms with Gasteiger partial charge in [-0.05, 0) is 42.5 Å². The molecule has 0 spiro atoms. The number of aryl methyl sites for hydroxylation is 2. The van der Waals surface area contributed by atoms with Crippen molar-refractivity contribution in [3.8, 4) is 11.5 Å². The van der Waals surface area contributed by atoms with Gasteiger partial charge in [0.2, 0.25) is 6.79 Å². The lowest BCUT2D eigenvalue weighted by Gasteiger charge is -2.35. The maximum absolute atomic E-state index is 5.51. The molecule has 0 atom stereocenters. The largest absolute Gasteiger partial charge is 0.454 e. The minimum atomic E-state index is 0.331. The number of fused-ring (bicyclic) bond motifs is 4. The van der Waals surface area contributed by atoms with Crippen LogP contribution in [0.25, 0.3) is 10.2 Å². The molecule has 2 aromatic heterocycles. The number of aromatic nitrogens is 2. The van der Waals surface area contributed by atoms with E-state index in [0.29, 0.717) is 6.79 Å². The molecule has 0 radical (unpaired) electrons. The van der Waals surface area contributed by atoms with Crippen molar-refractivity contribution in [2.24, 2.45) is 0 Å². The highest BCUT2D eigenvalue weighted by Crippen LogP contribution is 2.40. The second-order valence-corrected chi connectivity index (χ2v) is 8.77. The zero-order valence-electron chi connectivity index (χ0n) is 15.7. The molecule has 0 unspecified atom stereocenters. The van der Waals surface area contributed by atoms with E-state index in [1.54, 1.807) is 6.33 Å². The Labute approximate surface area is 167 Å². The summed E-state index contributed by atoms with van der Waals surface area (Å²) in [7, 11) is 0. The third-order valence-corrected chi connectivity index (χ3v) is 7.20. The standard InChI is InChI=1S/C21H22N4O2S/c1-2-15-18(3-1)28-21-19(15)20(22-12-23-21)25-8-6-24(7-9-25)11-14-4-5-16-17(10-14)27-13-26-16/h4-5,10,12H,1-3,6-9,11,13H2. The molecule has 28 heavy (non-hydrogen) atoms. The van der Waals surface area contributed by atoms with Crippen LogP contribution in [0.15, 0.2) is 24.5 Å². The highest BCUT2D eigenvalue weighted by Gasteiger charge is 2.26. The van der Waals surface area contributed by atoms with Gasteiger partial charge in [0.05, 0.1) is 5.39 Å². The van der Waals surface area contributed by atoms with Crippen molar-refractivity contribution in [1.29, 1.82) is 0 Å². The van der Waals surface area contributed by atoms with Gasteiger partial charge in [-0.15, -0.1) is 11.3 Å². The molecular formula is C21H22N4O2S. The molecule has 1 fully saturated rings. The first-order valence-corrected chi connectivity index (χ1v) is 10.8. The van der Waals surface area contributed by atoms with Crippen LogP contribution < -0.4 is 14.4 Å². The minimum absolute atomic E-state index is 0.331. The van der Waals surface area contributed by atoms with E-state index in [9.17, 15) is 0 Å².